The molecule has 21 heavy (non-hydrogen) atoms. The lowest BCUT2D eigenvalue weighted by atomic mass is 9.94. The number of nitrogens with two attached hydrogens (primary N) is 1. The van der Waals surface area contributed by atoms with Crippen LogP contribution in [0.5, 0.6) is 0 Å². The fourth-order valence-corrected chi connectivity index (χ4v) is 3.72. The number of amides is 1. The van der Waals surface area contributed by atoms with Crippen LogP contribution in [0.25, 0.3) is 0 Å². The molecule has 1 aliphatic rings. The lowest BCUT2D eigenvalue weighted by Gasteiger charge is -2.34. The van der Waals surface area contributed by atoms with Gasteiger partial charge in [-0.05, 0) is 45.6 Å². The van der Waals surface area contributed by atoms with Crippen LogP contribution in [0, 0.1) is 5.92 Å². The molecule has 4 nitrogen and oxygen atoms in total. The second-order valence-corrected chi connectivity index (χ2v) is 6.91. The van der Waals surface area contributed by atoms with Gasteiger partial charge in [-0.1, -0.05) is 33.6 Å². The van der Waals surface area contributed by atoms with Gasteiger partial charge in [0.25, 0.3) is 0 Å². The van der Waals surface area contributed by atoms with Crippen molar-refractivity contribution < 1.29 is 4.79 Å². The number of nitrogens with one attached hydrogen (secondary N) is 1. The largest absolute Gasteiger partial charge is 0.368 e. The number of hydrogen-bond acceptors (Lipinski definition) is 3. The van der Waals surface area contributed by atoms with E-state index < -0.39 is 5.54 Å². The van der Waals surface area contributed by atoms with E-state index in [1.165, 1.54) is 12.8 Å². The first-order valence-corrected chi connectivity index (χ1v) is 8.70. The lowest BCUT2D eigenvalue weighted by molar-refractivity contribution is -0.124. The van der Waals surface area contributed by atoms with Crippen molar-refractivity contribution in [3.05, 3.63) is 0 Å². The summed E-state index contributed by atoms with van der Waals surface area (Å²) in [6.07, 6.45) is 5.24. The zero-order chi connectivity index (χ0) is 16.0. The molecule has 1 aliphatic carbocycles. The van der Waals surface area contributed by atoms with Gasteiger partial charge in [0.2, 0.25) is 5.91 Å². The molecule has 0 bridgehead atoms. The van der Waals surface area contributed by atoms with Crippen molar-refractivity contribution in [1.29, 1.82) is 0 Å². The molecule has 0 aliphatic heterocycles. The molecule has 4 heteroatoms. The minimum Gasteiger partial charge on any atom is -0.368 e. The fraction of sp³-hybridized carbons (Fsp3) is 0.941. The maximum absolute atomic E-state index is 12.0. The molecule has 2 unspecified atom stereocenters. The standard InChI is InChI=1S/C17H35N3O/c1-6-14(7-2)12-20(8-3)15-9-10-17(11-15,16(18)21)19-13(4)5/h13-15,19H,6-12H2,1-5H3,(H2,18,21). The Morgan fingerprint density at radius 1 is 1.33 bits per heavy atom. The van der Waals surface area contributed by atoms with Crippen molar-refractivity contribution >= 4 is 5.91 Å². The number of hydrogen-bond donors (Lipinski definition) is 2. The molecule has 1 saturated carbocycles. The Morgan fingerprint density at radius 3 is 2.38 bits per heavy atom. The third-order valence-electron chi connectivity index (χ3n) is 5.10. The van der Waals surface area contributed by atoms with E-state index in [9.17, 15) is 4.79 Å². The summed E-state index contributed by atoms with van der Waals surface area (Å²) in [6.45, 7) is 13.1. The molecule has 1 rings (SSSR count). The van der Waals surface area contributed by atoms with Crippen molar-refractivity contribution in [2.24, 2.45) is 11.7 Å². The predicted octanol–water partition coefficient (Wildman–Crippen LogP) is 2.52. The second-order valence-electron chi connectivity index (χ2n) is 6.91. The van der Waals surface area contributed by atoms with Crippen LogP contribution in [0.3, 0.4) is 0 Å². The molecule has 0 aromatic rings. The van der Waals surface area contributed by atoms with Gasteiger partial charge in [-0.15, -0.1) is 0 Å². The zero-order valence-electron chi connectivity index (χ0n) is 14.6. The lowest BCUT2D eigenvalue weighted by Crippen LogP contribution is -2.56. The van der Waals surface area contributed by atoms with E-state index in [2.05, 4.69) is 44.8 Å². The Kier molecular flexibility index (Phi) is 7.14. The molecule has 1 fully saturated rings. The number of primary amides is 1. The first-order chi connectivity index (χ1) is 9.88. The minimum absolute atomic E-state index is 0.183. The summed E-state index contributed by atoms with van der Waals surface area (Å²) in [4.78, 5) is 14.6. The van der Waals surface area contributed by atoms with Crippen LogP contribution in [0.2, 0.25) is 0 Å². The number of rotatable bonds is 9. The average Bonchev–Trinajstić information content (AvgIpc) is 2.85. The molecule has 0 spiro atoms. The summed E-state index contributed by atoms with van der Waals surface area (Å²) in [5, 5.41) is 3.44. The first kappa shape index (κ1) is 18.4. The summed E-state index contributed by atoms with van der Waals surface area (Å²) >= 11 is 0. The molecule has 0 aromatic carbocycles. The maximum atomic E-state index is 12.0. The summed E-state index contributed by atoms with van der Waals surface area (Å²) in [5.41, 5.74) is 5.22. The van der Waals surface area contributed by atoms with E-state index in [4.69, 9.17) is 5.73 Å². The smallest absolute Gasteiger partial charge is 0.237 e. The highest BCUT2D eigenvalue weighted by Crippen LogP contribution is 2.34. The van der Waals surface area contributed by atoms with Gasteiger partial charge in [-0.3, -0.25) is 4.79 Å². The van der Waals surface area contributed by atoms with Gasteiger partial charge in [0.15, 0.2) is 0 Å². The quantitative estimate of drug-likeness (QED) is 0.687. The van der Waals surface area contributed by atoms with E-state index in [0.717, 1.165) is 38.3 Å². The summed E-state index contributed by atoms with van der Waals surface area (Å²) < 4.78 is 0. The fourth-order valence-electron chi connectivity index (χ4n) is 3.72. The molecule has 0 saturated heterocycles. The van der Waals surface area contributed by atoms with Crippen LogP contribution in [-0.2, 0) is 4.79 Å². The van der Waals surface area contributed by atoms with E-state index in [1.807, 2.05) is 0 Å². The monoisotopic (exact) mass is 297 g/mol. The van der Waals surface area contributed by atoms with Crippen molar-refractivity contribution in [2.75, 3.05) is 13.1 Å². The third-order valence-corrected chi connectivity index (χ3v) is 5.10. The van der Waals surface area contributed by atoms with Crippen molar-refractivity contribution in [1.82, 2.24) is 10.2 Å². The Hall–Kier alpha value is -0.610. The van der Waals surface area contributed by atoms with Crippen LogP contribution in [-0.4, -0.2) is 41.5 Å². The van der Waals surface area contributed by atoms with Gasteiger partial charge in [0.1, 0.15) is 0 Å². The number of carbonyl (C=O) groups excluding carboxylic acids is 1. The Morgan fingerprint density at radius 2 is 1.95 bits per heavy atom. The van der Waals surface area contributed by atoms with E-state index in [-0.39, 0.29) is 11.9 Å². The van der Waals surface area contributed by atoms with Gasteiger partial charge in [0.05, 0.1) is 5.54 Å². The molecule has 2 atom stereocenters. The molecule has 0 heterocycles. The van der Waals surface area contributed by atoms with Crippen molar-refractivity contribution in [3.8, 4) is 0 Å². The van der Waals surface area contributed by atoms with Crippen LogP contribution in [0.15, 0.2) is 0 Å². The van der Waals surface area contributed by atoms with Gasteiger partial charge < -0.3 is 16.0 Å². The maximum Gasteiger partial charge on any atom is 0.237 e. The van der Waals surface area contributed by atoms with Gasteiger partial charge in [0, 0.05) is 18.6 Å². The highest BCUT2D eigenvalue weighted by Gasteiger charge is 2.45. The number of nitrogens with zero attached hydrogens (tertiary/aromatic N) is 1. The summed E-state index contributed by atoms with van der Waals surface area (Å²) in [6, 6.07) is 0.764. The summed E-state index contributed by atoms with van der Waals surface area (Å²) in [5.74, 6) is 0.573. The van der Waals surface area contributed by atoms with Crippen LogP contribution in [0.1, 0.15) is 66.7 Å². The predicted molar refractivity (Wildman–Crippen MR) is 89.2 cm³/mol. The summed E-state index contributed by atoms with van der Waals surface area (Å²) in [7, 11) is 0. The molecule has 124 valence electrons. The second kappa shape index (κ2) is 8.14. The Labute approximate surface area is 130 Å². The highest BCUT2D eigenvalue weighted by atomic mass is 16.1. The number of carbonyl (C=O) groups is 1. The van der Waals surface area contributed by atoms with Crippen LogP contribution >= 0.6 is 0 Å². The Bertz CT molecular complexity index is 328. The van der Waals surface area contributed by atoms with Gasteiger partial charge >= 0.3 is 0 Å². The zero-order valence-corrected chi connectivity index (χ0v) is 14.6. The average molecular weight is 297 g/mol. The van der Waals surface area contributed by atoms with Crippen molar-refractivity contribution in [2.45, 2.75) is 84.3 Å². The van der Waals surface area contributed by atoms with E-state index >= 15 is 0 Å². The normalized spacial score (nSPS) is 26.2. The molecule has 0 radical (unpaired) electrons. The third kappa shape index (κ3) is 4.68. The van der Waals surface area contributed by atoms with E-state index in [0.29, 0.717) is 6.04 Å². The topological polar surface area (TPSA) is 58.4 Å². The molecular weight excluding hydrogens is 262 g/mol. The van der Waals surface area contributed by atoms with Gasteiger partial charge in [-0.2, -0.15) is 0 Å². The Balaban J connectivity index is 2.74. The molecular formula is C17H35N3O. The first-order valence-electron chi connectivity index (χ1n) is 8.70. The van der Waals surface area contributed by atoms with Crippen LogP contribution in [0.4, 0.5) is 0 Å². The SMILES string of the molecule is CCC(CC)CN(CC)C1CCC(NC(C)C)(C(N)=O)C1. The molecule has 1 amide bonds. The molecule has 0 aromatic heterocycles. The van der Waals surface area contributed by atoms with E-state index in [1.54, 1.807) is 0 Å². The molecule has 3 N–H and O–H groups in total. The van der Waals surface area contributed by atoms with Gasteiger partial charge in [-0.25, -0.2) is 0 Å². The van der Waals surface area contributed by atoms with Crippen molar-refractivity contribution in [3.63, 3.8) is 0 Å². The highest BCUT2D eigenvalue weighted by molar-refractivity contribution is 5.85. The van der Waals surface area contributed by atoms with Crippen LogP contribution < -0.4 is 11.1 Å². The minimum atomic E-state index is -0.500.